The molecule has 162 valence electrons. The van der Waals surface area contributed by atoms with Gasteiger partial charge >= 0.3 is 0 Å². The molecule has 5 rings (SSSR count). The number of fused-ring (bicyclic) bond motifs is 2. The van der Waals surface area contributed by atoms with E-state index in [0.29, 0.717) is 17.0 Å². The van der Waals surface area contributed by atoms with Gasteiger partial charge in [0.05, 0.1) is 12.9 Å². The molecule has 1 fully saturated rings. The fourth-order valence-electron chi connectivity index (χ4n) is 3.98. The summed E-state index contributed by atoms with van der Waals surface area (Å²) in [7, 11) is 0. The van der Waals surface area contributed by atoms with Crippen molar-refractivity contribution in [2.45, 2.75) is 43.9 Å². The SMILES string of the molecule is C[C@H](Cc1cc2ccccc2s1)Nc1ncnc2c1ncn2[C@@H]1O[C@H](CO)C(O)C1O. The van der Waals surface area contributed by atoms with E-state index in [1.165, 1.54) is 27.6 Å². The lowest BCUT2D eigenvalue weighted by molar-refractivity contribution is -0.0511. The fraction of sp³-hybridized carbons (Fsp3) is 0.381. The van der Waals surface area contributed by atoms with Crippen molar-refractivity contribution < 1.29 is 20.1 Å². The number of thiophene rings is 1. The van der Waals surface area contributed by atoms with E-state index in [1.54, 1.807) is 15.9 Å². The Labute approximate surface area is 182 Å². The number of nitrogens with one attached hydrogen (secondary N) is 1. The van der Waals surface area contributed by atoms with Gasteiger partial charge in [0.1, 0.15) is 24.6 Å². The average Bonchev–Trinajstić information content (AvgIpc) is 3.44. The van der Waals surface area contributed by atoms with Crippen LogP contribution in [0.1, 0.15) is 18.0 Å². The molecule has 0 bridgehead atoms. The van der Waals surface area contributed by atoms with Gasteiger partial charge in [-0.3, -0.25) is 4.57 Å². The molecule has 1 saturated heterocycles. The van der Waals surface area contributed by atoms with Crippen molar-refractivity contribution in [1.82, 2.24) is 19.5 Å². The topological polar surface area (TPSA) is 126 Å². The molecule has 1 aromatic carbocycles. The summed E-state index contributed by atoms with van der Waals surface area (Å²) >= 11 is 1.78. The minimum Gasteiger partial charge on any atom is -0.394 e. The highest BCUT2D eigenvalue weighted by Crippen LogP contribution is 2.32. The molecule has 4 heterocycles. The van der Waals surface area contributed by atoms with Crippen molar-refractivity contribution in [3.63, 3.8) is 0 Å². The smallest absolute Gasteiger partial charge is 0.167 e. The van der Waals surface area contributed by atoms with Gasteiger partial charge in [-0.05, 0) is 24.4 Å². The van der Waals surface area contributed by atoms with Crippen molar-refractivity contribution in [2.24, 2.45) is 0 Å². The first-order valence-electron chi connectivity index (χ1n) is 10.1. The van der Waals surface area contributed by atoms with E-state index in [9.17, 15) is 15.3 Å². The highest BCUT2D eigenvalue weighted by molar-refractivity contribution is 7.19. The van der Waals surface area contributed by atoms with E-state index < -0.39 is 31.1 Å². The summed E-state index contributed by atoms with van der Waals surface area (Å²) in [5, 5.41) is 34.4. The van der Waals surface area contributed by atoms with Crippen molar-refractivity contribution in [3.05, 3.63) is 47.9 Å². The molecule has 0 radical (unpaired) electrons. The second-order valence-corrected chi connectivity index (χ2v) is 8.94. The number of ether oxygens (including phenoxy) is 1. The highest BCUT2D eigenvalue weighted by Gasteiger charge is 2.44. The second-order valence-electron chi connectivity index (χ2n) is 7.78. The van der Waals surface area contributed by atoms with Crippen LogP contribution in [0.2, 0.25) is 0 Å². The quantitative estimate of drug-likeness (QED) is 0.356. The molecule has 4 N–H and O–H groups in total. The monoisotopic (exact) mass is 441 g/mol. The van der Waals surface area contributed by atoms with E-state index in [0.717, 1.165) is 6.42 Å². The van der Waals surface area contributed by atoms with Crippen LogP contribution in [0, 0.1) is 0 Å². The standard InChI is InChI=1S/C21H23N5O4S/c1-11(6-13-7-12-4-2-3-5-15(12)31-13)25-19-16-20(23-9-22-19)26(10-24-16)21-18(29)17(28)14(8-27)30-21/h2-5,7,9-11,14,17-18,21,27-29H,6,8H2,1H3,(H,22,23,25)/t11-,14-,17?,18?,21-/m1/s1. The molecular weight excluding hydrogens is 418 g/mol. The molecule has 9 nitrogen and oxygen atoms in total. The maximum absolute atomic E-state index is 10.3. The number of anilines is 1. The van der Waals surface area contributed by atoms with Gasteiger partial charge in [-0.15, -0.1) is 11.3 Å². The second kappa shape index (κ2) is 8.13. The van der Waals surface area contributed by atoms with Gasteiger partial charge in [0, 0.05) is 22.0 Å². The number of nitrogens with zero attached hydrogens (tertiary/aromatic N) is 4. The Morgan fingerprint density at radius 3 is 2.81 bits per heavy atom. The van der Waals surface area contributed by atoms with E-state index in [1.807, 2.05) is 12.1 Å². The molecule has 0 amide bonds. The zero-order chi connectivity index (χ0) is 21.5. The molecule has 10 heteroatoms. The summed E-state index contributed by atoms with van der Waals surface area (Å²) in [5.41, 5.74) is 1.02. The van der Waals surface area contributed by atoms with Gasteiger partial charge in [-0.25, -0.2) is 15.0 Å². The van der Waals surface area contributed by atoms with Crippen LogP contribution in [0.4, 0.5) is 5.82 Å². The van der Waals surface area contributed by atoms with E-state index >= 15 is 0 Å². The largest absolute Gasteiger partial charge is 0.394 e. The number of imidazole rings is 1. The van der Waals surface area contributed by atoms with Crippen LogP contribution in [0.5, 0.6) is 0 Å². The molecule has 5 atom stereocenters. The third kappa shape index (κ3) is 3.66. The average molecular weight is 442 g/mol. The van der Waals surface area contributed by atoms with Crippen LogP contribution in [-0.4, -0.2) is 65.8 Å². The van der Waals surface area contributed by atoms with Gasteiger partial charge in [0.25, 0.3) is 0 Å². The van der Waals surface area contributed by atoms with Gasteiger partial charge in [0.2, 0.25) is 0 Å². The molecular formula is C21H23N5O4S. The number of benzene rings is 1. The summed E-state index contributed by atoms with van der Waals surface area (Å²) < 4.78 is 8.44. The van der Waals surface area contributed by atoms with E-state index in [-0.39, 0.29) is 6.04 Å². The lowest BCUT2D eigenvalue weighted by Crippen LogP contribution is -2.33. The number of hydrogen-bond acceptors (Lipinski definition) is 9. The first-order valence-corrected chi connectivity index (χ1v) is 10.9. The first kappa shape index (κ1) is 20.3. The first-order chi connectivity index (χ1) is 15.0. The minimum absolute atomic E-state index is 0.102. The molecule has 0 saturated carbocycles. The molecule has 0 aliphatic carbocycles. The third-order valence-electron chi connectivity index (χ3n) is 5.52. The number of aliphatic hydroxyl groups excluding tert-OH is 3. The van der Waals surface area contributed by atoms with Crippen LogP contribution < -0.4 is 5.32 Å². The Kier molecular flexibility index (Phi) is 5.32. The van der Waals surface area contributed by atoms with Crippen molar-refractivity contribution in [1.29, 1.82) is 0 Å². The zero-order valence-corrected chi connectivity index (χ0v) is 17.6. The van der Waals surface area contributed by atoms with Crippen LogP contribution in [0.15, 0.2) is 43.0 Å². The van der Waals surface area contributed by atoms with E-state index in [2.05, 4.69) is 45.4 Å². The molecule has 1 aliphatic heterocycles. The summed E-state index contributed by atoms with van der Waals surface area (Å²) in [5.74, 6) is 0.587. The molecule has 2 unspecified atom stereocenters. The predicted octanol–water partition coefficient (Wildman–Crippen LogP) is 1.70. The highest BCUT2D eigenvalue weighted by atomic mass is 32.1. The van der Waals surface area contributed by atoms with Crippen molar-refractivity contribution in [3.8, 4) is 0 Å². The Hall–Kier alpha value is -2.63. The Balaban J connectivity index is 1.37. The van der Waals surface area contributed by atoms with Gasteiger partial charge < -0.3 is 25.4 Å². The lowest BCUT2D eigenvalue weighted by Gasteiger charge is -2.17. The number of aliphatic hydroxyl groups is 3. The predicted molar refractivity (Wildman–Crippen MR) is 117 cm³/mol. The lowest BCUT2D eigenvalue weighted by atomic mass is 10.1. The Bertz CT molecular complexity index is 1180. The third-order valence-corrected chi connectivity index (χ3v) is 6.66. The Morgan fingerprint density at radius 1 is 1.19 bits per heavy atom. The number of aromatic nitrogens is 4. The summed E-state index contributed by atoms with van der Waals surface area (Å²) in [6, 6.07) is 10.6. The van der Waals surface area contributed by atoms with Gasteiger partial charge in [0.15, 0.2) is 23.2 Å². The van der Waals surface area contributed by atoms with Crippen LogP contribution in [0.25, 0.3) is 21.3 Å². The van der Waals surface area contributed by atoms with Crippen LogP contribution >= 0.6 is 11.3 Å². The van der Waals surface area contributed by atoms with Crippen molar-refractivity contribution in [2.75, 3.05) is 11.9 Å². The molecule has 3 aromatic heterocycles. The van der Waals surface area contributed by atoms with E-state index in [4.69, 9.17) is 4.74 Å². The minimum atomic E-state index is -1.20. The van der Waals surface area contributed by atoms with Crippen LogP contribution in [-0.2, 0) is 11.2 Å². The maximum atomic E-state index is 10.3. The summed E-state index contributed by atoms with van der Waals surface area (Å²) in [6.07, 6.45) is -0.381. The Morgan fingerprint density at radius 2 is 2.03 bits per heavy atom. The summed E-state index contributed by atoms with van der Waals surface area (Å²) in [6.45, 7) is 1.69. The molecule has 0 spiro atoms. The number of hydrogen-bond donors (Lipinski definition) is 4. The summed E-state index contributed by atoms with van der Waals surface area (Å²) in [4.78, 5) is 14.3. The maximum Gasteiger partial charge on any atom is 0.167 e. The van der Waals surface area contributed by atoms with Crippen molar-refractivity contribution >= 4 is 38.4 Å². The molecule has 1 aliphatic rings. The fourth-order valence-corrected chi connectivity index (χ4v) is 5.17. The number of rotatable bonds is 6. The van der Waals surface area contributed by atoms with Gasteiger partial charge in [-0.2, -0.15) is 0 Å². The normalized spacial score (nSPS) is 24.8. The zero-order valence-electron chi connectivity index (χ0n) is 16.8. The molecule has 4 aromatic rings. The van der Waals surface area contributed by atoms with Crippen LogP contribution in [0.3, 0.4) is 0 Å². The molecule has 31 heavy (non-hydrogen) atoms. The van der Waals surface area contributed by atoms with Gasteiger partial charge in [-0.1, -0.05) is 18.2 Å².